The number of hydrogen-bond donors (Lipinski definition) is 2. The Morgan fingerprint density at radius 3 is 2.34 bits per heavy atom. The number of carbonyl (C=O) groups excluding carboxylic acids is 5. The van der Waals surface area contributed by atoms with Crippen molar-refractivity contribution in [2.24, 2.45) is 0 Å². The second-order valence-corrected chi connectivity index (χ2v) is 10.4. The molecule has 12 heteroatoms. The smallest absolute Gasteiger partial charge is 0.261 e. The Kier molecular flexibility index (Phi) is 10.9. The van der Waals surface area contributed by atoms with Gasteiger partial charge in [-0.15, -0.1) is 0 Å². The van der Waals surface area contributed by atoms with Gasteiger partial charge < -0.3 is 15.3 Å². The lowest BCUT2D eigenvalue weighted by Gasteiger charge is -2.34. The lowest BCUT2D eigenvalue weighted by Crippen LogP contribution is -2.50. The number of aliphatic hydroxyl groups excluding tert-OH is 1. The molecule has 2 aromatic rings. The van der Waals surface area contributed by atoms with Crippen LogP contribution in [0.2, 0.25) is 0 Å². The van der Waals surface area contributed by atoms with E-state index in [-0.39, 0.29) is 24.8 Å². The van der Waals surface area contributed by atoms with Gasteiger partial charge in [0.2, 0.25) is 23.6 Å². The summed E-state index contributed by atoms with van der Waals surface area (Å²) in [5.41, 5.74) is 2.01. The van der Waals surface area contributed by atoms with E-state index in [2.05, 4.69) is 10.3 Å². The maximum absolute atomic E-state index is 12.6. The van der Waals surface area contributed by atoms with Crippen molar-refractivity contribution in [3.8, 4) is 0 Å². The fourth-order valence-corrected chi connectivity index (χ4v) is 5.32. The van der Waals surface area contributed by atoms with E-state index in [9.17, 15) is 24.0 Å². The largest absolute Gasteiger partial charge is 0.387 e. The molecular weight excluding hydrogens is 510 g/mol. The zero-order chi connectivity index (χ0) is 27.7. The molecule has 11 nitrogen and oxygen atoms in total. The van der Waals surface area contributed by atoms with E-state index < -0.39 is 24.3 Å². The van der Waals surface area contributed by atoms with Crippen molar-refractivity contribution >= 4 is 56.2 Å². The number of imide groups is 3. The summed E-state index contributed by atoms with van der Waals surface area (Å²) in [7, 11) is 0. The molecule has 0 atom stereocenters. The molecule has 0 bridgehead atoms. The standard InChI is InChI=1S/C26H35N5O6S/c1-18-9-10-20-21(15-18)38-26(27-20)28-22(34)16-29-11-13-30(14-12-29)23(35)7-5-3-4-6-8-24(36)31(19(2)33)25(37)17-32/h9-10,15,32H,3-8,11-14,16-17H2,1-2H3,(H,27,28,34). The molecule has 1 fully saturated rings. The van der Waals surface area contributed by atoms with Gasteiger partial charge in [0.05, 0.1) is 16.8 Å². The third-order valence-corrected chi connectivity index (χ3v) is 7.30. The van der Waals surface area contributed by atoms with E-state index in [4.69, 9.17) is 5.11 Å². The van der Waals surface area contributed by atoms with Crippen LogP contribution >= 0.6 is 11.3 Å². The molecular formula is C26H35N5O6S. The van der Waals surface area contributed by atoms with Crippen LogP contribution in [-0.2, 0) is 24.0 Å². The van der Waals surface area contributed by atoms with Crippen LogP contribution in [0.15, 0.2) is 18.2 Å². The first-order valence-electron chi connectivity index (χ1n) is 12.8. The van der Waals surface area contributed by atoms with E-state index >= 15 is 0 Å². The fraction of sp³-hybridized carbons (Fsp3) is 0.538. The summed E-state index contributed by atoms with van der Waals surface area (Å²) >= 11 is 1.45. The molecule has 2 heterocycles. The predicted molar refractivity (Wildman–Crippen MR) is 143 cm³/mol. The Morgan fingerprint density at radius 2 is 1.68 bits per heavy atom. The van der Waals surface area contributed by atoms with Crippen LogP contribution in [0.25, 0.3) is 10.2 Å². The quantitative estimate of drug-likeness (QED) is 0.408. The molecule has 1 aromatic carbocycles. The summed E-state index contributed by atoms with van der Waals surface area (Å²) in [5, 5.41) is 12.4. The number of fused-ring (bicyclic) bond motifs is 1. The molecule has 0 radical (unpaired) electrons. The van der Waals surface area contributed by atoms with Crippen molar-refractivity contribution in [1.82, 2.24) is 19.7 Å². The number of piperazine rings is 1. The minimum Gasteiger partial charge on any atom is -0.387 e. The van der Waals surface area contributed by atoms with Crippen molar-refractivity contribution in [1.29, 1.82) is 0 Å². The molecule has 1 aliphatic rings. The molecule has 1 aromatic heterocycles. The third-order valence-electron chi connectivity index (χ3n) is 6.36. The number of rotatable bonds is 11. The van der Waals surface area contributed by atoms with Crippen LogP contribution in [0.5, 0.6) is 0 Å². The zero-order valence-electron chi connectivity index (χ0n) is 21.9. The van der Waals surface area contributed by atoms with Crippen molar-refractivity contribution in [3.63, 3.8) is 0 Å². The van der Waals surface area contributed by atoms with Gasteiger partial charge in [-0.05, 0) is 37.5 Å². The molecule has 0 aliphatic carbocycles. The first kappa shape index (κ1) is 29.3. The number of unbranched alkanes of at least 4 members (excludes halogenated alkanes) is 3. The highest BCUT2D eigenvalue weighted by molar-refractivity contribution is 7.22. The second-order valence-electron chi connectivity index (χ2n) is 9.41. The lowest BCUT2D eigenvalue weighted by molar-refractivity contribution is -0.154. The van der Waals surface area contributed by atoms with Crippen LogP contribution < -0.4 is 5.32 Å². The third kappa shape index (κ3) is 8.40. The van der Waals surface area contributed by atoms with Gasteiger partial charge in [0, 0.05) is 45.9 Å². The van der Waals surface area contributed by atoms with Crippen LogP contribution in [0.1, 0.15) is 51.0 Å². The van der Waals surface area contributed by atoms with Gasteiger partial charge in [-0.3, -0.25) is 28.9 Å². The van der Waals surface area contributed by atoms with Gasteiger partial charge in [-0.2, -0.15) is 0 Å². The fourth-order valence-electron chi connectivity index (χ4n) is 4.34. The van der Waals surface area contributed by atoms with E-state index in [0.717, 1.165) is 29.1 Å². The number of aliphatic hydroxyl groups is 1. The van der Waals surface area contributed by atoms with E-state index in [1.807, 2.05) is 34.9 Å². The number of thiazole rings is 1. The van der Waals surface area contributed by atoms with Crippen LogP contribution in [-0.4, -0.2) is 93.7 Å². The van der Waals surface area contributed by atoms with Crippen molar-refractivity contribution in [2.75, 3.05) is 44.6 Å². The summed E-state index contributed by atoms with van der Waals surface area (Å²) in [4.78, 5) is 68.8. The molecule has 1 saturated heterocycles. The molecule has 38 heavy (non-hydrogen) atoms. The van der Waals surface area contributed by atoms with Gasteiger partial charge in [0.15, 0.2) is 5.13 Å². The monoisotopic (exact) mass is 545 g/mol. The van der Waals surface area contributed by atoms with Crippen molar-refractivity contribution < 1.29 is 29.1 Å². The maximum Gasteiger partial charge on any atom is 0.261 e. The van der Waals surface area contributed by atoms with Gasteiger partial charge in [-0.1, -0.05) is 30.2 Å². The number of nitrogens with zero attached hydrogens (tertiary/aromatic N) is 4. The first-order chi connectivity index (χ1) is 18.2. The number of aromatic nitrogens is 1. The number of amides is 5. The Labute approximate surface area is 225 Å². The highest BCUT2D eigenvalue weighted by Crippen LogP contribution is 2.26. The highest BCUT2D eigenvalue weighted by Gasteiger charge is 2.25. The second kappa shape index (κ2) is 14.1. The van der Waals surface area contributed by atoms with Gasteiger partial charge in [0.25, 0.3) is 5.91 Å². The minimum absolute atomic E-state index is 0.0352. The Bertz CT molecular complexity index is 1170. The van der Waals surface area contributed by atoms with Crippen LogP contribution in [0.4, 0.5) is 5.13 Å². The van der Waals surface area contributed by atoms with Crippen molar-refractivity contribution in [2.45, 2.75) is 52.4 Å². The molecule has 0 spiro atoms. The van der Waals surface area contributed by atoms with Gasteiger partial charge in [0.1, 0.15) is 6.61 Å². The molecule has 0 saturated carbocycles. The number of aryl methyl sites for hydroxylation is 1. The Morgan fingerprint density at radius 1 is 1.00 bits per heavy atom. The summed E-state index contributed by atoms with van der Waals surface area (Å²) < 4.78 is 1.04. The summed E-state index contributed by atoms with van der Waals surface area (Å²) in [6.45, 7) is 4.88. The number of carbonyl (C=O) groups is 5. The molecule has 2 N–H and O–H groups in total. The topological polar surface area (TPSA) is 140 Å². The number of nitrogens with one attached hydrogen (secondary N) is 1. The van der Waals surface area contributed by atoms with Crippen LogP contribution in [0, 0.1) is 6.92 Å². The Hall–Kier alpha value is -3.22. The van der Waals surface area contributed by atoms with Crippen molar-refractivity contribution in [3.05, 3.63) is 23.8 Å². The number of benzene rings is 1. The Balaban J connectivity index is 1.29. The SMILES string of the molecule is CC(=O)N(C(=O)CO)C(=O)CCCCCCC(=O)N1CCN(CC(=O)Nc2nc3ccc(C)cc3s2)CC1. The number of anilines is 1. The maximum atomic E-state index is 12.6. The lowest BCUT2D eigenvalue weighted by atomic mass is 10.1. The summed E-state index contributed by atoms with van der Waals surface area (Å²) in [5.74, 6) is -2.28. The molecule has 3 rings (SSSR count). The minimum atomic E-state index is -0.919. The van der Waals surface area contributed by atoms with Gasteiger partial charge >= 0.3 is 0 Å². The highest BCUT2D eigenvalue weighted by atomic mass is 32.1. The average Bonchev–Trinajstić information content (AvgIpc) is 3.27. The van der Waals surface area contributed by atoms with E-state index in [0.29, 0.717) is 61.9 Å². The zero-order valence-corrected chi connectivity index (χ0v) is 22.7. The van der Waals surface area contributed by atoms with E-state index in [1.165, 1.54) is 11.3 Å². The molecule has 5 amide bonds. The molecule has 206 valence electrons. The van der Waals surface area contributed by atoms with Gasteiger partial charge in [-0.25, -0.2) is 9.88 Å². The summed E-state index contributed by atoms with van der Waals surface area (Å²) in [6, 6.07) is 5.99. The molecule has 1 aliphatic heterocycles. The predicted octanol–water partition coefficient (Wildman–Crippen LogP) is 1.92. The normalized spacial score (nSPS) is 13.9. The van der Waals surface area contributed by atoms with Crippen LogP contribution in [0.3, 0.4) is 0 Å². The molecule has 0 unspecified atom stereocenters. The van der Waals surface area contributed by atoms with E-state index in [1.54, 1.807) is 0 Å². The number of hydrogen-bond acceptors (Lipinski definition) is 9. The average molecular weight is 546 g/mol. The first-order valence-corrected chi connectivity index (χ1v) is 13.6. The summed E-state index contributed by atoms with van der Waals surface area (Å²) in [6.07, 6.45) is 3.06.